The number of hydrogen-bond acceptors (Lipinski definition) is 4. The van der Waals surface area contributed by atoms with Gasteiger partial charge in [-0.1, -0.05) is 20.8 Å². The fraction of sp³-hybridized carbons (Fsp3) is 0.579. The SMILES string of the molecule is Cc1cnn(CC2CCN(C(=O)c3cc(C(C)(C)C)[nH]c(=O)n3)CC2)c1. The molecule has 1 aliphatic rings. The summed E-state index contributed by atoms with van der Waals surface area (Å²) < 4.78 is 1.98. The van der Waals surface area contributed by atoms with Gasteiger partial charge in [0.1, 0.15) is 5.69 Å². The molecular weight excluding hydrogens is 330 g/mol. The van der Waals surface area contributed by atoms with Crippen molar-refractivity contribution in [2.24, 2.45) is 5.92 Å². The Balaban J connectivity index is 1.65. The topological polar surface area (TPSA) is 83.9 Å². The van der Waals surface area contributed by atoms with Crippen molar-refractivity contribution in [1.29, 1.82) is 0 Å². The summed E-state index contributed by atoms with van der Waals surface area (Å²) in [5.74, 6) is 0.352. The number of nitrogens with one attached hydrogen (secondary N) is 1. The fourth-order valence-electron chi connectivity index (χ4n) is 3.28. The first-order valence-electron chi connectivity index (χ1n) is 9.12. The Morgan fingerprint density at radius 1 is 1.31 bits per heavy atom. The summed E-state index contributed by atoms with van der Waals surface area (Å²) in [6.07, 6.45) is 5.77. The van der Waals surface area contributed by atoms with Gasteiger partial charge in [-0.05, 0) is 37.3 Å². The molecule has 1 saturated heterocycles. The highest BCUT2D eigenvalue weighted by atomic mass is 16.2. The minimum Gasteiger partial charge on any atom is -0.337 e. The van der Waals surface area contributed by atoms with E-state index in [0.29, 0.717) is 19.0 Å². The number of likely N-dealkylation sites (tertiary alicyclic amines) is 1. The highest BCUT2D eigenvalue weighted by Gasteiger charge is 2.26. The number of nitrogens with zero attached hydrogens (tertiary/aromatic N) is 4. The van der Waals surface area contributed by atoms with Crippen LogP contribution in [-0.4, -0.2) is 43.6 Å². The lowest BCUT2D eigenvalue weighted by atomic mass is 9.91. The van der Waals surface area contributed by atoms with Crippen LogP contribution in [0.15, 0.2) is 23.3 Å². The molecule has 0 bridgehead atoms. The van der Waals surface area contributed by atoms with Crippen molar-refractivity contribution >= 4 is 5.91 Å². The minimum absolute atomic E-state index is 0.157. The van der Waals surface area contributed by atoms with Crippen molar-refractivity contribution in [2.75, 3.05) is 13.1 Å². The third-order valence-corrected chi connectivity index (χ3v) is 4.88. The Hall–Kier alpha value is -2.44. The van der Waals surface area contributed by atoms with Crippen LogP contribution < -0.4 is 5.69 Å². The Morgan fingerprint density at radius 2 is 2.00 bits per heavy atom. The molecule has 0 saturated carbocycles. The summed E-state index contributed by atoms with van der Waals surface area (Å²) in [6.45, 7) is 10.3. The van der Waals surface area contributed by atoms with E-state index in [-0.39, 0.29) is 17.0 Å². The Morgan fingerprint density at radius 3 is 2.58 bits per heavy atom. The summed E-state index contributed by atoms with van der Waals surface area (Å²) >= 11 is 0. The average molecular weight is 357 g/mol. The normalized spacial score (nSPS) is 16.1. The van der Waals surface area contributed by atoms with Crippen LogP contribution in [-0.2, 0) is 12.0 Å². The summed E-state index contributed by atoms with van der Waals surface area (Å²) in [4.78, 5) is 33.1. The van der Waals surface area contributed by atoms with Gasteiger partial charge in [-0.25, -0.2) is 4.79 Å². The van der Waals surface area contributed by atoms with Crippen molar-refractivity contribution in [3.63, 3.8) is 0 Å². The van der Waals surface area contributed by atoms with Gasteiger partial charge in [0, 0.05) is 36.9 Å². The lowest BCUT2D eigenvalue weighted by Gasteiger charge is -2.32. The first-order valence-corrected chi connectivity index (χ1v) is 9.12. The molecule has 0 spiro atoms. The maximum absolute atomic E-state index is 12.8. The second-order valence-electron chi connectivity index (χ2n) is 8.21. The first kappa shape index (κ1) is 18.4. The van der Waals surface area contributed by atoms with Crippen LogP contribution in [0, 0.1) is 12.8 Å². The number of carbonyl (C=O) groups is 1. The van der Waals surface area contributed by atoms with Crippen LogP contribution in [0.3, 0.4) is 0 Å². The van der Waals surface area contributed by atoms with Crippen molar-refractivity contribution in [3.05, 3.63) is 45.9 Å². The van der Waals surface area contributed by atoms with Crippen molar-refractivity contribution in [1.82, 2.24) is 24.6 Å². The molecule has 0 atom stereocenters. The molecule has 3 heterocycles. The molecule has 0 radical (unpaired) electrons. The fourth-order valence-corrected chi connectivity index (χ4v) is 3.28. The van der Waals surface area contributed by atoms with Gasteiger partial charge in [-0.15, -0.1) is 0 Å². The van der Waals surface area contributed by atoms with E-state index in [9.17, 15) is 9.59 Å². The van der Waals surface area contributed by atoms with E-state index in [4.69, 9.17) is 0 Å². The summed E-state index contributed by atoms with van der Waals surface area (Å²) in [5, 5.41) is 4.34. The van der Waals surface area contributed by atoms with Gasteiger partial charge in [0.05, 0.1) is 6.20 Å². The number of aromatic nitrogens is 4. The zero-order chi connectivity index (χ0) is 18.9. The zero-order valence-electron chi connectivity index (χ0n) is 16.0. The number of piperidine rings is 1. The largest absolute Gasteiger partial charge is 0.345 e. The molecule has 26 heavy (non-hydrogen) atoms. The molecule has 2 aromatic rings. The van der Waals surface area contributed by atoms with Gasteiger partial charge in [-0.3, -0.25) is 9.48 Å². The van der Waals surface area contributed by atoms with Crippen LogP contribution >= 0.6 is 0 Å². The van der Waals surface area contributed by atoms with Crippen LogP contribution in [0.4, 0.5) is 0 Å². The quantitative estimate of drug-likeness (QED) is 0.912. The molecule has 0 aromatic carbocycles. The maximum atomic E-state index is 12.8. The van der Waals surface area contributed by atoms with Gasteiger partial charge < -0.3 is 9.88 Å². The van der Waals surface area contributed by atoms with Gasteiger partial charge in [0.15, 0.2) is 0 Å². The molecule has 1 aliphatic heterocycles. The zero-order valence-corrected chi connectivity index (χ0v) is 16.0. The third-order valence-electron chi connectivity index (χ3n) is 4.88. The number of H-pyrrole nitrogens is 1. The van der Waals surface area contributed by atoms with Crippen molar-refractivity contribution in [3.8, 4) is 0 Å². The first-order chi connectivity index (χ1) is 12.2. The number of rotatable bonds is 3. The third kappa shape index (κ3) is 4.20. The minimum atomic E-state index is -0.468. The van der Waals surface area contributed by atoms with E-state index in [2.05, 4.69) is 15.1 Å². The number of amides is 1. The maximum Gasteiger partial charge on any atom is 0.345 e. The lowest BCUT2D eigenvalue weighted by Crippen LogP contribution is -2.40. The van der Waals surface area contributed by atoms with Crippen LogP contribution in [0.5, 0.6) is 0 Å². The number of aryl methyl sites for hydroxylation is 1. The van der Waals surface area contributed by atoms with Crippen molar-refractivity contribution < 1.29 is 4.79 Å². The molecule has 0 unspecified atom stereocenters. The number of hydrogen-bond donors (Lipinski definition) is 1. The van der Waals surface area contributed by atoms with Gasteiger partial charge >= 0.3 is 5.69 Å². The smallest absolute Gasteiger partial charge is 0.337 e. The highest BCUT2D eigenvalue weighted by molar-refractivity contribution is 5.92. The Labute approximate surface area is 153 Å². The molecule has 1 N–H and O–H groups in total. The van der Waals surface area contributed by atoms with Crippen LogP contribution in [0.1, 0.15) is 55.4 Å². The molecular formula is C19H27N5O2. The Kier molecular flexibility index (Phi) is 4.98. The number of carbonyl (C=O) groups excluding carboxylic acids is 1. The summed E-state index contributed by atoms with van der Waals surface area (Å²) in [7, 11) is 0. The standard InChI is InChI=1S/C19H27N5O2/c1-13-10-20-24(11-13)12-14-5-7-23(8-6-14)17(25)15-9-16(19(2,3)4)22-18(26)21-15/h9-11,14H,5-8,12H2,1-4H3,(H,21,22,26). The average Bonchev–Trinajstić information content (AvgIpc) is 2.98. The predicted molar refractivity (Wildman–Crippen MR) is 99.1 cm³/mol. The van der Waals surface area contributed by atoms with E-state index in [1.807, 2.05) is 44.8 Å². The molecule has 1 fully saturated rings. The second-order valence-corrected chi connectivity index (χ2v) is 8.21. The molecule has 7 nitrogen and oxygen atoms in total. The summed E-state index contributed by atoms with van der Waals surface area (Å²) in [6, 6.07) is 1.71. The van der Waals surface area contributed by atoms with Gasteiger partial charge in [0.25, 0.3) is 5.91 Å². The molecule has 3 rings (SSSR count). The number of aromatic amines is 1. The van der Waals surface area contributed by atoms with Gasteiger partial charge in [0.2, 0.25) is 0 Å². The summed E-state index contributed by atoms with van der Waals surface area (Å²) in [5.41, 5.74) is 1.41. The molecule has 0 aliphatic carbocycles. The van der Waals surface area contributed by atoms with Gasteiger partial charge in [-0.2, -0.15) is 10.1 Å². The van der Waals surface area contributed by atoms with Crippen LogP contribution in [0.25, 0.3) is 0 Å². The van der Waals surface area contributed by atoms with E-state index >= 15 is 0 Å². The van der Waals surface area contributed by atoms with E-state index in [1.54, 1.807) is 11.0 Å². The van der Waals surface area contributed by atoms with E-state index in [0.717, 1.165) is 30.6 Å². The van der Waals surface area contributed by atoms with Crippen LogP contribution in [0.2, 0.25) is 0 Å². The molecule has 1 amide bonds. The molecule has 2 aromatic heterocycles. The molecule has 140 valence electrons. The van der Waals surface area contributed by atoms with E-state index < -0.39 is 5.69 Å². The second kappa shape index (κ2) is 7.05. The van der Waals surface area contributed by atoms with E-state index in [1.165, 1.54) is 0 Å². The monoisotopic (exact) mass is 357 g/mol. The predicted octanol–water partition coefficient (Wildman–Crippen LogP) is 2.12. The highest BCUT2D eigenvalue weighted by Crippen LogP contribution is 2.22. The van der Waals surface area contributed by atoms with Crippen molar-refractivity contribution in [2.45, 2.75) is 52.5 Å². The molecule has 7 heteroatoms. The Bertz CT molecular complexity index is 838. The lowest BCUT2D eigenvalue weighted by molar-refractivity contribution is 0.0674.